The minimum atomic E-state index is 0.0987. The van der Waals surface area contributed by atoms with E-state index in [9.17, 15) is 0 Å². The molecule has 0 aromatic carbocycles. The smallest absolute Gasteiger partial charge is 0.108 e. The summed E-state index contributed by atoms with van der Waals surface area (Å²) >= 11 is 0. The van der Waals surface area contributed by atoms with Gasteiger partial charge in [0.1, 0.15) is 5.82 Å². The third kappa shape index (κ3) is 3.61. The third-order valence-electron chi connectivity index (χ3n) is 2.98. The van der Waals surface area contributed by atoms with Gasteiger partial charge in [0, 0.05) is 39.0 Å². The molecular formula is C12H23N3O. The van der Waals surface area contributed by atoms with E-state index < -0.39 is 0 Å². The summed E-state index contributed by atoms with van der Waals surface area (Å²) in [6, 6.07) is 0.0987. The number of aryl methyl sites for hydroxylation is 2. The molecule has 0 saturated carbocycles. The van der Waals surface area contributed by atoms with Gasteiger partial charge in [-0.2, -0.15) is 0 Å². The fourth-order valence-electron chi connectivity index (χ4n) is 1.91. The van der Waals surface area contributed by atoms with E-state index in [1.165, 1.54) is 0 Å². The highest BCUT2D eigenvalue weighted by Crippen LogP contribution is 2.10. The number of rotatable bonds is 7. The summed E-state index contributed by atoms with van der Waals surface area (Å²) in [6.45, 7) is 2.15. The molecule has 0 radical (unpaired) electrons. The molecule has 0 fully saturated rings. The Balaban J connectivity index is 2.39. The van der Waals surface area contributed by atoms with Crippen LogP contribution < -0.4 is 5.73 Å². The van der Waals surface area contributed by atoms with Crippen LogP contribution >= 0.6 is 0 Å². The number of nitrogens with two attached hydrogens (primary N) is 1. The molecule has 4 nitrogen and oxygen atoms in total. The lowest BCUT2D eigenvalue weighted by atomic mass is 10.0. The number of imidazole rings is 1. The van der Waals surface area contributed by atoms with E-state index in [4.69, 9.17) is 10.5 Å². The van der Waals surface area contributed by atoms with Gasteiger partial charge in [-0.05, 0) is 12.8 Å². The molecule has 1 aromatic rings. The van der Waals surface area contributed by atoms with Crippen LogP contribution in [0.4, 0.5) is 0 Å². The Kier molecular flexibility index (Phi) is 5.49. The van der Waals surface area contributed by atoms with Gasteiger partial charge in [0.25, 0.3) is 0 Å². The Morgan fingerprint density at radius 2 is 2.25 bits per heavy atom. The van der Waals surface area contributed by atoms with Gasteiger partial charge < -0.3 is 15.0 Å². The first kappa shape index (κ1) is 13.2. The third-order valence-corrected chi connectivity index (χ3v) is 2.98. The van der Waals surface area contributed by atoms with Crippen LogP contribution in [0.15, 0.2) is 12.4 Å². The van der Waals surface area contributed by atoms with Crippen molar-refractivity contribution in [2.24, 2.45) is 12.8 Å². The molecule has 2 atom stereocenters. The maximum Gasteiger partial charge on any atom is 0.108 e. The van der Waals surface area contributed by atoms with Crippen molar-refractivity contribution in [2.75, 3.05) is 7.11 Å². The lowest BCUT2D eigenvalue weighted by molar-refractivity contribution is 0.0701. The predicted octanol–water partition coefficient (Wildman–Crippen LogP) is 1.50. The fraction of sp³-hybridized carbons (Fsp3) is 0.750. The lowest BCUT2D eigenvalue weighted by Crippen LogP contribution is -2.36. The Morgan fingerprint density at radius 3 is 2.75 bits per heavy atom. The Labute approximate surface area is 97.8 Å². The molecule has 0 saturated heterocycles. The Bertz CT molecular complexity index is 298. The molecule has 0 amide bonds. The van der Waals surface area contributed by atoms with Crippen LogP contribution in [0.1, 0.15) is 32.0 Å². The lowest BCUT2D eigenvalue weighted by Gasteiger charge is -2.21. The Morgan fingerprint density at radius 1 is 1.50 bits per heavy atom. The number of hydrogen-bond donors (Lipinski definition) is 1. The molecule has 0 aliphatic heterocycles. The van der Waals surface area contributed by atoms with E-state index in [1.807, 2.05) is 24.0 Å². The van der Waals surface area contributed by atoms with Gasteiger partial charge in [-0.25, -0.2) is 4.98 Å². The van der Waals surface area contributed by atoms with Gasteiger partial charge in [-0.1, -0.05) is 13.3 Å². The van der Waals surface area contributed by atoms with E-state index >= 15 is 0 Å². The zero-order chi connectivity index (χ0) is 12.0. The highest BCUT2D eigenvalue weighted by Gasteiger charge is 2.16. The summed E-state index contributed by atoms with van der Waals surface area (Å²) in [6.07, 6.45) is 7.91. The zero-order valence-electron chi connectivity index (χ0n) is 10.5. The topological polar surface area (TPSA) is 53.1 Å². The first-order valence-corrected chi connectivity index (χ1v) is 5.93. The van der Waals surface area contributed by atoms with Gasteiger partial charge in [0.2, 0.25) is 0 Å². The van der Waals surface area contributed by atoms with Crippen molar-refractivity contribution in [1.29, 1.82) is 0 Å². The standard InChI is InChI=1S/C12H23N3O/c1-4-5-11(16-3)10(13)6-7-12-14-8-9-15(12)2/h8-11H,4-7,13H2,1-3H3. The summed E-state index contributed by atoms with van der Waals surface area (Å²) in [5.74, 6) is 1.09. The van der Waals surface area contributed by atoms with Crippen molar-refractivity contribution in [3.63, 3.8) is 0 Å². The van der Waals surface area contributed by atoms with Crippen LogP contribution in [0.25, 0.3) is 0 Å². The molecule has 1 heterocycles. The first-order valence-electron chi connectivity index (χ1n) is 5.93. The number of methoxy groups -OCH3 is 1. The van der Waals surface area contributed by atoms with Crippen molar-refractivity contribution in [3.05, 3.63) is 18.2 Å². The Hall–Kier alpha value is -0.870. The highest BCUT2D eigenvalue weighted by atomic mass is 16.5. The molecule has 0 bridgehead atoms. The van der Waals surface area contributed by atoms with Crippen LogP contribution in [0.5, 0.6) is 0 Å². The van der Waals surface area contributed by atoms with E-state index in [0.717, 1.165) is 31.5 Å². The monoisotopic (exact) mass is 225 g/mol. The average molecular weight is 225 g/mol. The van der Waals surface area contributed by atoms with Crippen LogP contribution in [-0.2, 0) is 18.2 Å². The van der Waals surface area contributed by atoms with Crippen molar-refractivity contribution >= 4 is 0 Å². The molecule has 2 N–H and O–H groups in total. The molecule has 4 heteroatoms. The van der Waals surface area contributed by atoms with Crippen LogP contribution in [0, 0.1) is 0 Å². The minimum absolute atomic E-state index is 0.0987. The molecule has 1 aromatic heterocycles. The molecular weight excluding hydrogens is 202 g/mol. The van der Waals surface area contributed by atoms with Crippen molar-refractivity contribution < 1.29 is 4.74 Å². The summed E-state index contributed by atoms with van der Waals surface area (Å²) < 4.78 is 7.44. The molecule has 0 spiro atoms. The second-order valence-corrected chi connectivity index (χ2v) is 4.22. The maximum absolute atomic E-state index is 6.12. The first-order chi connectivity index (χ1) is 7.69. The summed E-state index contributed by atoms with van der Waals surface area (Å²) in [7, 11) is 3.74. The number of aromatic nitrogens is 2. The predicted molar refractivity (Wildman–Crippen MR) is 65.2 cm³/mol. The maximum atomic E-state index is 6.12. The molecule has 0 aliphatic rings. The van der Waals surface area contributed by atoms with Crippen LogP contribution in [0.2, 0.25) is 0 Å². The highest BCUT2D eigenvalue weighted by molar-refractivity contribution is 4.92. The number of ether oxygens (including phenoxy) is 1. The fourth-order valence-corrected chi connectivity index (χ4v) is 1.91. The van der Waals surface area contributed by atoms with Crippen molar-refractivity contribution in [2.45, 2.75) is 44.8 Å². The van der Waals surface area contributed by atoms with Crippen molar-refractivity contribution in [3.8, 4) is 0 Å². The van der Waals surface area contributed by atoms with Gasteiger partial charge in [0.15, 0.2) is 0 Å². The van der Waals surface area contributed by atoms with Gasteiger partial charge in [-0.15, -0.1) is 0 Å². The normalized spacial score (nSPS) is 15.0. The van der Waals surface area contributed by atoms with Gasteiger partial charge in [0.05, 0.1) is 6.10 Å². The number of nitrogens with zero attached hydrogens (tertiary/aromatic N) is 2. The largest absolute Gasteiger partial charge is 0.380 e. The summed E-state index contributed by atoms with van der Waals surface area (Å²) in [5.41, 5.74) is 6.12. The molecule has 2 unspecified atom stereocenters. The van der Waals surface area contributed by atoms with E-state index in [-0.39, 0.29) is 12.1 Å². The van der Waals surface area contributed by atoms with E-state index in [1.54, 1.807) is 7.11 Å². The molecule has 16 heavy (non-hydrogen) atoms. The van der Waals surface area contributed by atoms with Gasteiger partial charge in [-0.3, -0.25) is 0 Å². The molecule has 92 valence electrons. The summed E-state index contributed by atoms with van der Waals surface area (Å²) in [4.78, 5) is 4.29. The number of hydrogen-bond acceptors (Lipinski definition) is 3. The van der Waals surface area contributed by atoms with Crippen molar-refractivity contribution in [1.82, 2.24) is 9.55 Å². The molecule has 1 rings (SSSR count). The second-order valence-electron chi connectivity index (χ2n) is 4.22. The van der Waals surface area contributed by atoms with Crippen LogP contribution in [0.3, 0.4) is 0 Å². The summed E-state index contributed by atoms with van der Waals surface area (Å²) in [5, 5.41) is 0. The average Bonchev–Trinajstić information content (AvgIpc) is 2.68. The van der Waals surface area contributed by atoms with Gasteiger partial charge >= 0.3 is 0 Å². The second kappa shape index (κ2) is 6.66. The quantitative estimate of drug-likeness (QED) is 0.765. The van der Waals surface area contributed by atoms with E-state index in [2.05, 4.69) is 11.9 Å². The van der Waals surface area contributed by atoms with Crippen LogP contribution in [-0.4, -0.2) is 28.8 Å². The SMILES string of the molecule is CCCC(OC)C(N)CCc1nccn1C. The zero-order valence-corrected chi connectivity index (χ0v) is 10.5. The van der Waals surface area contributed by atoms with E-state index in [0.29, 0.717) is 0 Å². The minimum Gasteiger partial charge on any atom is -0.380 e. The molecule has 0 aliphatic carbocycles.